The van der Waals surface area contributed by atoms with Crippen molar-refractivity contribution in [3.63, 3.8) is 0 Å². The summed E-state index contributed by atoms with van der Waals surface area (Å²) in [5.74, 6) is 0.866. The van der Waals surface area contributed by atoms with Gasteiger partial charge in [-0.25, -0.2) is 5.48 Å². The van der Waals surface area contributed by atoms with Crippen molar-refractivity contribution >= 4 is 5.91 Å². The van der Waals surface area contributed by atoms with Crippen molar-refractivity contribution in [1.82, 2.24) is 5.48 Å². The van der Waals surface area contributed by atoms with Crippen LogP contribution in [0.5, 0.6) is 0 Å². The van der Waals surface area contributed by atoms with Crippen molar-refractivity contribution < 1.29 is 9.63 Å². The van der Waals surface area contributed by atoms with Gasteiger partial charge in [-0.3, -0.25) is 9.63 Å². The minimum Gasteiger partial charge on any atom is -0.273 e. The van der Waals surface area contributed by atoms with E-state index in [1.807, 2.05) is 0 Å². The normalized spacial score (nSPS) is 13.5. The summed E-state index contributed by atoms with van der Waals surface area (Å²) in [6.07, 6.45) is 1.08. The molecule has 3 nitrogen and oxygen atoms in total. The highest BCUT2D eigenvalue weighted by Crippen LogP contribution is 2.14. The van der Waals surface area contributed by atoms with E-state index >= 15 is 0 Å². The Morgan fingerprint density at radius 2 is 1.85 bits per heavy atom. The van der Waals surface area contributed by atoms with Gasteiger partial charge in [0.15, 0.2) is 0 Å². The van der Waals surface area contributed by atoms with Gasteiger partial charge in [-0.2, -0.15) is 0 Å². The molecule has 1 N–H and O–H groups in total. The molecule has 1 amide bonds. The second-order valence-electron chi connectivity index (χ2n) is 4.19. The Balaban J connectivity index is 3.87. The number of hydrogen-bond acceptors (Lipinski definition) is 2. The van der Waals surface area contributed by atoms with Crippen molar-refractivity contribution in [1.29, 1.82) is 0 Å². The molecular formula is C10H21NO2. The summed E-state index contributed by atoms with van der Waals surface area (Å²) in [6.45, 7) is 9.93. The van der Waals surface area contributed by atoms with Crippen LogP contribution in [0, 0.1) is 11.8 Å². The van der Waals surface area contributed by atoms with Gasteiger partial charge in [0.2, 0.25) is 5.91 Å². The van der Waals surface area contributed by atoms with Crippen molar-refractivity contribution in [2.75, 3.05) is 0 Å². The first kappa shape index (κ1) is 12.4. The summed E-state index contributed by atoms with van der Waals surface area (Å²) in [5.41, 5.74) is 2.39. The molecule has 0 fully saturated rings. The standard InChI is InChI=1S/C10H21NO2/c1-7(2)6-10(8(3)4)13-11-9(5)12/h7-8,10H,6H2,1-5H3,(H,11,12). The molecule has 0 saturated heterocycles. The Morgan fingerprint density at radius 1 is 1.31 bits per heavy atom. The largest absolute Gasteiger partial charge is 0.273 e. The number of amides is 1. The molecule has 0 saturated carbocycles. The SMILES string of the molecule is CC(=O)NOC(CC(C)C)C(C)C. The molecule has 0 aromatic rings. The molecule has 3 heteroatoms. The van der Waals surface area contributed by atoms with E-state index in [1.54, 1.807) is 0 Å². The summed E-state index contributed by atoms with van der Waals surface area (Å²) < 4.78 is 0. The number of carbonyl (C=O) groups excluding carboxylic acids is 1. The molecular weight excluding hydrogens is 166 g/mol. The Morgan fingerprint density at radius 3 is 2.15 bits per heavy atom. The van der Waals surface area contributed by atoms with E-state index in [0.717, 1.165) is 6.42 Å². The Labute approximate surface area is 80.8 Å². The third kappa shape index (κ3) is 6.58. The van der Waals surface area contributed by atoms with Crippen LogP contribution in [0.1, 0.15) is 41.0 Å². The number of carbonyl (C=O) groups is 1. The van der Waals surface area contributed by atoms with Gasteiger partial charge in [-0.1, -0.05) is 27.7 Å². The summed E-state index contributed by atoms with van der Waals surface area (Å²) >= 11 is 0. The third-order valence-electron chi connectivity index (χ3n) is 1.80. The lowest BCUT2D eigenvalue weighted by Gasteiger charge is -2.22. The van der Waals surface area contributed by atoms with Crippen LogP contribution in [0.3, 0.4) is 0 Å². The molecule has 0 aliphatic rings. The van der Waals surface area contributed by atoms with Gasteiger partial charge < -0.3 is 0 Å². The average molecular weight is 187 g/mol. The maximum absolute atomic E-state index is 10.6. The minimum absolute atomic E-state index is 0.115. The van der Waals surface area contributed by atoms with E-state index in [2.05, 4.69) is 33.2 Å². The first-order valence-corrected chi connectivity index (χ1v) is 4.85. The summed E-state index contributed by atoms with van der Waals surface area (Å²) in [6, 6.07) is 0. The fraction of sp³-hybridized carbons (Fsp3) is 0.900. The molecule has 0 aliphatic heterocycles. The minimum atomic E-state index is -0.144. The molecule has 0 bridgehead atoms. The van der Waals surface area contributed by atoms with Gasteiger partial charge in [-0.05, 0) is 18.3 Å². The highest BCUT2D eigenvalue weighted by Gasteiger charge is 2.16. The second kappa shape index (κ2) is 5.97. The smallest absolute Gasteiger partial charge is 0.240 e. The molecule has 0 aromatic heterocycles. The van der Waals surface area contributed by atoms with Crippen LogP contribution < -0.4 is 5.48 Å². The highest BCUT2D eigenvalue weighted by atomic mass is 16.7. The molecule has 0 heterocycles. The van der Waals surface area contributed by atoms with Gasteiger partial charge in [0.25, 0.3) is 0 Å². The highest BCUT2D eigenvalue weighted by molar-refractivity contribution is 5.71. The zero-order valence-corrected chi connectivity index (χ0v) is 9.26. The van der Waals surface area contributed by atoms with E-state index < -0.39 is 0 Å². The first-order chi connectivity index (χ1) is 5.93. The lowest BCUT2D eigenvalue weighted by Crippen LogP contribution is -2.31. The fourth-order valence-corrected chi connectivity index (χ4v) is 1.08. The molecule has 1 atom stereocenters. The molecule has 13 heavy (non-hydrogen) atoms. The quantitative estimate of drug-likeness (QED) is 0.669. The number of rotatable bonds is 5. The van der Waals surface area contributed by atoms with Gasteiger partial charge >= 0.3 is 0 Å². The van der Waals surface area contributed by atoms with E-state index in [0.29, 0.717) is 11.8 Å². The van der Waals surface area contributed by atoms with Crippen LogP contribution in [0.2, 0.25) is 0 Å². The van der Waals surface area contributed by atoms with E-state index in [4.69, 9.17) is 4.84 Å². The van der Waals surface area contributed by atoms with Gasteiger partial charge in [0.1, 0.15) is 0 Å². The molecule has 78 valence electrons. The Kier molecular flexibility index (Phi) is 5.71. The molecule has 0 rings (SSSR count). The molecule has 0 radical (unpaired) electrons. The molecule has 0 spiro atoms. The van der Waals surface area contributed by atoms with Crippen LogP contribution in [0.15, 0.2) is 0 Å². The van der Waals surface area contributed by atoms with Crippen LogP contribution in [-0.4, -0.2) is 12.0 Å². The predicted molar refractivity (Wildman–Crippen MR) is 53.0 cm³/mol. The summed E-state index contributed by atoms with van der Waals surface area (Å²) in [4.78, 5) is 15.9. The van der Waals surface area contributed by atoms with Crippen molar-refractivity contribution in [3.05, 3.63) is 0 Å². The van der Waals surface area contributed by atoms with Gasteiger partial charge in [0.05, 0.1) is 6.10 Å². The van der Waals surface area contributed by atoms with Gasteiger partial charge in [-0.15, -0.1) is 0 Å². The fourth-order valence-electron chi connectivity index (χ4n) is 1.08. The van der Waals surface area contributed by atoms with Crippen LogP contribution in [0.25, 0.3) is 0 Å². The summed E-state index contributed by atoms with van der Waals surface area (Å²) in [5, 5.41) is 0. The van der Waals surface area contributed by atoms with Crippen LogP contribution in [0.4, 0.5) is 0 Å². The van der Waals surface area contributed by atoms with Crippen LogP contribution >= 0.6 is 0 Å². The zero-order valence-electron chi connectivity index (χ0n) is 9.26. The maximum Gasteiger partial charge on any atom is 0.240 e. The van der Waals surface area contributed by atoms with E-state index in [-0.39, 0.29) is 12.0 Å². The summed E-state index contributed by atoms with van der Waals surface area (Å²) in [7, 11) is 0. The van der Waals surface area contributed by atoms with Crippen LogP contribution in [-0.2, 0) is 9.63 Å². The van der Waals surface area contributed by atoms with Crippen molar-refractivity contribution in [3.8, 4) is 0 Å². The predicted octanol–water partition coefficient (Wildman–Crippen LogP) is 2.12. The second-order valence-corrected chi connectivity index (χ2v) is 4.19. The average Bonchev–Trinajstić information content (AvgIpc) is 1.96. The van der Waals surface area contributed by atoms with Gasteiger partial charge in [0, 0.05) is 6.92 Å². The number of nitrogens with one attached hydrogen (secondary N) is 1. The molecule has 0 aliphatic carbocycles. The maximum atomic E-state index is 10.6. The lowest BCUT2D eigenvalue weighted by molar-refractivity contribution is -0.139. The zero-order chi connectivity index (χ0) is 10.4. The third-order valence-corrected chi connectivity index (χ3v) is 1.80. The Bertz CT molecular complexity index is 155. The van der Waals surface area contributed by atoms with Crippen molar-refractivity contribution in [2.24, 2.45) is 11.8 Å². The topological polar surface area (TPSA) is 38.3 Å². The number of hydroxylamine groups is 1. The number of hydrogen-bond donors (Lipinski definition) is 1. The van der Waals surface area contributed by atoms with E-state index in [1.165, 1.54) is 6.92 Å². The first-order valence-electron chi connectivity index (χ1n) is 4.85. The van der Waals surface area contributed by atoms with E-state index in [9.17, 15) is 4.79 Å². The Hall–Kier alpha value is -0.570. The van der Waals surface area contributed by atoms with Crippen molar-refractivity contribution in [2.45, 2.75) is 47.1 Å². The molecule has 1 unspecified atom stereocenters. The lowest BCUT2D eigenvalue weighted by atomic mass is 9.97. The monoisotopic (exact) mass is 187 g/mol. The molecule has 0 aromatic carbocycles.